The van der Waals surface area contributed by atoms with E-state index in [0.29, 0.717) is 17.0 Å². The van der Waals surface area contributed by atoms with Gasteiger partial charge in [0, 0.05) is 35.5 Å². The average molecular weight is 505 g/mol. The molecule has 1 aliphatic heterocycles. The first kappa shape index (κ1) is 24.0. The van der Waals surface area contributed by atoms with Gasteiger partial charge in [-0.05, 0) is 79.5 Å². The van der Waals surface area contributed by atoms with Crippen molar-refractivity contribution in [2.75, 3.05) is 18.4 Å². The minimum atomic E-state index is -0.295. The summed E-state index contributed by atoms with van der Waals surface area (Å²) < 4.78 is 14.1. The van der Waals surface area contributed by atoms with E-state index in [1.54, 1.807) is 30.5 Å². The Balaban J connectivity index is 1.21. The smallest absolute Gasteiger partial charge is 0.132 e. The standard InChI is InChI=1S/C31H29FN6/c1-21(35-25-10-12-29(34-19-25)26-7-3-4-8-28(26)32)31-27-16-23(9-11-30(27)36-37-31)24-15-22(17-33-18-24)20-38-13-5-2-6-14-38/h3-4,7-12,15-19,35H,1-2,5-6,13-14,20H2,(H,36,37). The highest BCUT2D eigenvalue weighted by atomic mass is 19.1. The third-order valence-corrected chi connectivity index (χ3v) is 7.04. The molecule has 0 aliphatic carbocycles. The second-order valence-electron chi connectivity index (χ2n) is 9.77. The molecule has 1 saturated heterocycles. The van der Waals surface area contributed by atoms with E-state index in [1.807, 2.05) is 24.5 Å². The van der Waals surface area contributed by atoms with Gasteiger partial charge in [0.1, 0.15) is 11.5 Å². The molecule has 6 nitrogen and oxygen atoms in total. The monoisotopic (exact) mass is 504 g/mol. The van der Waals surface area contributed by atoms with Crippen LogP contribution < -0.4 is 5.32 Å². The number of hydrogen-bond donors (Lipinski definition) is 2. The number of hydrogen-bond acceptors (Lipinski definition) is 5. The van der Waals surface area contributed by atoms with Crippen LogP contribution in [0.4, 0.5) is 10.1 Å². The largest absolute Gasteiger partial charge is 0.353 e. The van der Waals surface area contributed by atoms with Crippen molar-refractivity contribution in [1.29, 1.82) is 0 Å². The zero-order valence-electron chi connectivity index (χ0n) is 21.1. The summed E-state index contributed by atoms with van der Waals surface area (Å²) in [5, 5.41) is 11.9. The Morgan fingerprint density at radius 1 is 0.947 bits per heavy atom. The van der Waals surface area contributed by atoms with Gasteiger partial charge in [0.15, 0.2) is 0 Å². The molecule has 0 unspecified atom stereocenters. The predicted octanol–water partition coefficient (Wildman–Crippen LogP) is 6.89. The molecule has 5 aromatic rings. The fraction of sp³-hybridized carbons (Fsp3) is 0.194. The van der Waals surface area contributed by atoms with E-state index < -0.39 is 0 Å². The molecule has 1 fully saturated rings. The number of benzene rings is 2. The van der Waals surface area contributed by atoms with Crippen molar-refractivity contribution in [2.24, 2.45) is 0 Å². The van der Waals surface area contributed by atoms with Gasteiger partial charge in [0.25, 0.3) is 0 Å². The molecule has 0 atom stereocenters. The van der Waals surface area contributed by atoms with E-state index in [1.165, 1.54) is 30.9 Å². The maximum atomic E-state index is 14.1. The number of fused-ring (bicyclic) bond motifs is 1. The highest BCUT2D eigenvalue weighted by Gasteiger charge is 2.14. The molecule has 0 saturated carbocycles. The Bertz CT molecular complexity index is 1580. The molecule has 4 heterocycles. The Morgan fingerprint density at radius 3 is 2.63 bits per heavy atom. The zero-order chi connectivity index (χ0) is 25.9. The van der Waals surface area contributed by atoms with Gasteiger partial charge >= 0.3 is 0 Å². The van der Waals surface area contributed by atoms with E-state index in [4.69, 9.17) is 0 Å². The van der Waals surface area contributed by atoms with E-state index >= 15 is 0 Å². The number of likely N-dealkylation sites (tertiary alicyclic amines) is 1. The van der Waals surface area contributed by atoms with Crippen molar-refractivity contribution < 1.29 is 4.39 Å². The van der Waals surface area contributed by atoms with Gasteiger partial charge in [-0.2, -0.15) is 5.10 Å². The molecule has 0 spiro atoms. The summed E-state index contributed by atoms with van der Waals surface area (Å²) in [5.41, 5.74) is 7.49. The second-order valence-corrected chi connectivity index (χ2v) is 9.77. The van der Waals surface area contributed by atoms with Crippen LogP contribution in [0, 0.1) is 5.82 Å². The van der Waals surface area contributed by atoms with Gasteiger partial charge in [0.05, 0.1) is 28.8 Å². The Kier molecular flexibility index (Phi) is 6.67. The molecule has 2 aromatic carbocycles. The molecule has 6 rings (SSSR count). The summed E-state index contributed by atoms with van der Waals surface area (Å²) in [5.74, 6) is -0.295. The number of H-pyrrole nitrogens is 1. The fourth-order valence-corrected chi connectivity index (χ4v) is 5.06. The molecule has 1 aliphatic rings. The number of aromatic amines is 1. The average Bonchev–Trinajstić information content (AvgIpc) is 3.38. The number of anilines is 1. The van der Waals surface area contributed by atoms with Gasteiger partial charge in [-0.3, -0.25) is 20.0 Å². The normalized spacial score (nSPS) is 14.0. The highest BCUT2D eigenvalue weighted by Crippen LogP contribution is 2.29. The molecule has 0 bridgehead atoms. The van der Waals surface area contributed by atoms with Crippen LogP contribution in [0.5, 0.6) is 0 Å². The topological polar surface area (TPSA) is 69.7 Å². The third kappa shape index (κ3) is 5.06. The molecule has 7 heteroatoms. The van der Waals surface area contributed by atoms with Crippen molar-refractivity contribution in [1.82, 2.24) is 25.1 Å². The van der Waals surface area contributed by atoms with E-state index in [0.717, 1.165) is 53.0 Å². The van der Waals surface area contributed by atoms with Crippen LogP contribution >= 0.6 is 0 Å². The summed E-state index contributed by atoms with van der Waals surface area (Å²) >= 11 is 0. The molecule has 2 N–H and O–H groups in total. The van der Waals surface area contributed by atoms with Crippen LogP contribution in [0.2, 0.25) is 0 Å². The predicted molar refractivity (Wildman–Crippen MR) is 151 cm³/mol. The summed E-state index contributed by atoms with van der Waals surface area (Å²) in [7, 11) is 0. The first-order chi connectivity index (χ1) is 18.6. The maximum absolute atomic E-state index is 14.1. The van der Waals surface area contributed by atoms with Gasteiger partial charge in [0.2, 0.25) is 0 Å². The number of rotatable bonds is 7. The van der Waals surface area contributed by atoms with E-state index in [9.17, 15) is 4.39 Å². The first-order valence-corrected chi connectivity index (χ1v) is 13.0. The number of nitrogens with one attached hydrogen (secondary N) is 2. The van der Waals surface area contributed by atoms with Crippen LogP contribution in [0.25, 0.3) is 39.0 Å². The van der Waals surface area contributed by atoms with Gasteiger partial charge in [-0.15, -0.1) is 0 Å². The summed E-state index contributed by atoms with van der Waals surface area (Å²) in [6.07, 6.45) is 9.44. The molecular formula is C31H29FN6. The van der Waals surface area contributed by atoms with Crippen molar-refractivity contribution in [3.8, 4) is 22.4 Å². The lowest BCUT2D eigenvalue weighted by molar-refractivity contribution is 0.220. The number of pyridine rings is 2. The lowest BCUT2D eigenvalue weighted by Gasteiger charge is -2.26. The lowest BCUT2D eigenvalue weighted by Crippen LogP contribution is -2.29. The zero-order valence-corrected chi connectivity index (χ0v) is 21.1. The van der Waals surface area contributed by atoms with Gasteiger partial charge < -0.3 is 5.32 Å². The van der Waals surface area contributed by atoms with Crippen molar-refractivity contribution in [2.45, 2.75) is 25.8 Å². The fourth-order valence-electron chi connectivity index (χ4n) is 5.06. The number of piperidine rings is 1. The van der Waals surface area contributed by atoms with Crippen LogP contribution in [0.3, 0.4) is 0 Å². The number of aromatic nitrogens is 4. The van der Waals surface area contributed by atoms with Crippen molar-refractivity contribution >= 4 is 22.3 Å². The Morgan fingerprint density at radius 2 is 1.82 bits per heavy atom. The molecule has 190 valence electrons. The highest BCUT2D eigenvalue weighted by molar-refractivity contribution is 5.95. The minimum Gasteiger partial charge on any atom is -0.353 e. The lowest BCUT2D eigenvalue weighted by atomic mass is 10.0. The summed E-state index contributed by atoms with van der Waals surface area (Å²) in [6, 6.07) is 18.8. The number of nitrogens with zero attached hydrogens (tertiary/aromatic N) is 4. The first-order valence-electron chi connectivity index (χ1n) is 13.0. The summed E-state index contributed by atoms with van der Waals surface area (Å²) in [4.78, 5) is 11.5. The molecule has 0 amide bonds. The van der Waals surface area contributed by atoms with Gasteiger partial charge in [-0.25, -0.2) is 4.39 Å². The molecule has 0 radical (unpaired) electrons. The SMILES string of the molecule is C=C(Nc1ccc(-c2ccccc2F)nc1)c1n[nH]c2ccc(-c3cncc(CN4CCCCC4)c3)cc12. The quantitative estimate of drug-likeness (QED) is 0.252. The Hall–Kier alpha value is -4.36. The van der Waals surface area contributed by atoms with Crippen LogP contribution in [-0.2, 0) is 6.54 Å². The van der Waals surface area contributed by atoms with Crippen LogP contribution in [0.15, 0.2) is 85.8 Å². The Labute approximate surface area is 221 Å². The minimum absolute atomic E-state index is 0.295. The van der Waals surface area contributed by atoms with E-state index in [2.05, 4.69) is 55.2 Å². The van der Waals surface area contributed by atoms with Crippen LogP contribution in [-0.4, -0.2) is 38.2 Å². The summed E-state index contributed by atoms with van der Waals surface area (Å²) in [6.45, 7) is 7.47. The van der Waals surface area contributed by atoms with Crippen LogP contribution in [0.1, 0.15) is 30.5 Å². The van der Waals surface area contributed by atoms with Crippen molar-refractivity contribution in [3.05, 3.63) is 103 Å². The number of halogens is 1. The van der Waals surface area contributed by atoms with Crippen molar-refractivity contribution in [3.63, 3.8) is 0 Å². The van der Waals surface area contributed by atoms with Gasteiger partial charge in [-0.1, -0.05) is 31.2 Å². The third-order valence-electron chi connectivity index (χ3n) is 7.04. The maximum Gasteiger partial charge on any atom is 0.132 e. The molecule has 3 aromatic heterocycles. The second kappa shape index (κ2) is 10.6. The molecular weight excluding hydrogens is 475 g/mol. The van der Waals surface area contributed by atoms with E-state index in [-0.39, 0.29) is 5.82 Å². The molecule has 38 heavy (non-hydrogen) atoms.